The van der Waals surface area contributed by atoms with E-state index < -0.39 is 47.3 Å². The fourth-order valence-electron chi connectivity index (χ4n) is 4.44. The van der Waals surface area contributed by atoms with Crippen LogP contribution >= 0.6 is 11.8 Å². The summed E-state index contributed by atoms with van der Waals surface area (Å²) in [5.74, 6) is -1.58. The molecule has 0 spiro atoms. The van der Waals surface area contributed by atoms with Crippen molar-refractivity contribution in [1.82, 2.24) is 4.90 Å². The first kappa shape index (κ1) is 28.5. The standard InChI is InChI=1S/C25H38FN3O5SSi/c1-22(2,3)34-21(32)29(15-33-11-12-36(6,7)8)20-28-24(5,17-13-16(27)9-10-18(17)26)23(4)14-25(23,35-20)19(30)31/h9-10,13H,11-12,14-15,27H2,1-8H3,(H,30,31)/t23?,24-,25-/m1/s1. The summed E-state index contributed by atoms with van der Waals surface area (Å²) >= 11 is 0.998. The van der Waals surface area contributed by atoms with E-state index in [0.717, 1.165) is 17.8 Å². The molecule has 1 aromatic carbocycles. The quantitative estimate of drug-likeness (QED) is 0.203. The van der Waals surface area contributed by atoms with Crippen LogP contribution in [0.1, 0.15) is 46.6 Å². The molecule has 1 saturated carbocycles. The van der Waals surface area contributed by atoms with Crippen LogP contribution in [-0.4, -0.2) is 59.0 Å². The molecular weight excluding hydrogens is 501 g/mol. The number of benzene rings is 1. The van der Waals surface area contributed by atoms with Gasteiger partial charge in [0.1, 0.15) is 22.9 Å². The van der Waals surface area contributed by atoms with Crippen LogP contribution in [-0.2, 0) is 19.8 Å². The van der Waals surface area contributed by atoms with Crippen molar-refractivity contribution in [2.75, 3.05) is 19.1 Å². The summed E-state index contributed by atoms with van der Waals surface area (Å²) in [6.45, 7) is 15.7. The number of aliphatic carboxylic acids is 1. The van der Waals surface area contributed by atoms with E-state index in [1.807, 2.05) is 0 Å². The summed E-state index contributed by atoms with van der Waals surface area (Å²) in [7, 11) is -1.38. The Balaban J connectivity index is 2.08. The maximum Gasteiger partial charge on any atom is 0.418 e. The van der Waals surface area contributed by atoms with Crippen molar-refractivity contribution in [2.45, 2.75) is 82.6 Å². The second-order valence-electron chi connectivity index (χ2n) is 12.2. The average molecular weight is 540 g/mol. The number of aliphatic imine (C=N–C) groups is 1. The number of halogens is 1. The van der Waals surface area contributed by atoms with Crippen molar-refractivity contribution in [2.24, 2.45) is 10.4 Å². The van der Waals surface area contributed by atoms with Gasteiger partial charge in [0, 0.05) is 31.3 Å². The van der Waals surface area contributed by atoms with Gasteiger partial charge in [0.15, 0.2) is 5.17 Å². The highest BCUT2D eigenvalue weighted by Crippen LogP contribution is 2.75. The molecule has 200 valence electrons. The molecule has 0 saturated heterocycles. The number of hydrogen-bond donors (Lipinski definition) is 2. The Hall–Kier alpha value is -2.11. The second-order valence-corrected chi connectivity index (χ2v) is 19.1. The van der Waals surface area contributed by atoms with Gasteiger partial charge in [-0.3, -0.25) is 4.79 Å². The Bertz CT molecular complexity index is 1090. The fourth-order valence-corrected chi connectivity index (χ4v) is 6.85. The summed E-state index contributed by atoms with van der Waals surface area (Å²) < 4.78 is 25.3. The van der Waals surface area contributed by atoms with Gasteiger partial charge in [-0.1, -0.05) is 38.3 Å². The van der Waals surface area contributed by atoms with Gasteiger partial charge in [0.25, 0.3) is 0 Å². The molecule has 2 aliphatic rings. The normalized spacial score (nSPS) is 27.6. The number of carboxylic acids is 1. The lowest BCUT2D eigenvalue weighted by Crippen LogP contribution is -2.49. The number of carbonyl (C=O) groups is 2. The summed E-state index contributed by atoms with van der Waals surface area (Å²) in [5.41, 5.74) is 3.50. The van der Waals surface area contributed by atoms with Gasteiger partial charge >= 0.3 is 12.1 Å². The average Bonchev–Trinajstić information content (AvgIpc) is 3.36. The number of amidine groups is 1. The largest absolute Gasteiger partial charge is 0.480 e. The molecule has 3 rings (SSSR count). The van der Waals surface area contributed by atoms with Crippen molar-refractivity contribution in [3.05, 3.63) is 29.6 Å². The Kier molecular flexibility index (Phi) is 7.37. The van der Waals surface area contributed by atoms with Crippen LogP contribution in [0.4, 0.5) is 14.9 Å². The molecule has 1 aliphatic heterocycles. The number of nitrogens with two attached hydrogens (primary N) is 1. The predicted molar refractivity (Wildman–Crippen MR) is 143 cm³/mol. The van der Waals surface area contributed by atoms with E-state index in [2.05, 4.69) is 19.6 Å². The van der Waals surface area contributed by atoms with E-state index in [0.29, 0.717) is 12.3 Å². The van der Waals surface area contributed by atoms with Gasteiger partial charge in [-0.25, -0.2) is 19.1 Å². The number of nitrogen functional groups attached to an aromatic ring is 1. The maximum atomic E-state index is 15.2. The number of rotatable bonds is 7. The molecule has 36 heavy (non-hydrogen) atoms. The lowest BCUT2D eigenvalue weighted by atomic mass is 9.76. The molecule has 1 heterocycles. The number of ether oxygens (including phenoxy) is 2. The lowest BCUT2D eigenvalue weighted by molar-refractivity contribution is -0.138. The maximum absolute atomic E-state index is 15.2. The molecule has 0 radical (unpaired) electrons. The Morgan fingerprint density at radius 3 is 2.47 bits per heavy atom. The summed E-state index contributed by atoms with van der Waals surface area (Å²) in [5, 5.41) is 10.4. The molecule has 8 nitrogen and oxygen atoms in total. The molecule has 3 N–H and O–H groups in total. The molecule has 1 unspecified atom stereocenters. The van der Waals surface area contributed by atoms with E-state index in [1.54, 1.807) is 34.6 Å². The first-order valence-electron chi connectivity index (χ1n) is 12.0. The minimum atomic E-state index is -1.38. The van der Waals surface area contributed by atoms with Gasteiger partial charge in [-0.15, -0.1) is 0 Å². The fraction of sp³-hybridized carbons (Fsp3) is 0.640. The number of fused-ring (bicyclic) bond motifs is 1. The van der Waals surface area contributed by atoms with Crippen molar-refractivity contribution in [1.29, 1.82) is 0 Å². The number of carboxylic acid groups (broad SMARTS) is 1. The van der Waals surface area contributed by atoms with Gasteiger partial charge in [0.2, 0.25) is 0 Å². The molecular formula is C25H38FN3O5SSi. The Morgan fingerprint density at radius 2 is 1.92 bits per heavy atom. The lowest BCUT2D eigenvalue weighted by Gasteiger charge is -2.41. The predicted octanol–water partition coefficient (Wildman–Crippen LogP) is 5.51. The SMILES string of the molecule is CC(C)(C)OC(=O)N(COCC[Si](C)(C)C)C1=N[C@](C)(c2cc(N)ccc2F)C2(C)C[C@]2(C(=O)O)S1. The minimum Gasteiger partial charge on any atom is -0.480 e. The zero-order valence-corrected chi connectivity index (χ0v) is 24.2. The molecule has 1 aliphatic carbocycles. The number of anilines is 1. The van der Waals surface area contributed by atoms with Crippen LogP contribution in [0.5, 0.6) is 0 Å². The zero-order valence-electron chi connectivity index (χ0n) is 22.4. The second kappa shape index (κ2) is 9.32. The summed E-state index contributed by atoms with van der Waals surface area (Å²) in [6.07, 6.45) is -0.460. The van der Waals surface area contributed by atoms with Gasteiger partial charge in [-0.2, -0.15) is 0 Å². The van der Waals surface area contributed by atoms with Crippen molar-refractivity contribution < 1.29 is 28.6 Å². The highest BCUT2D eigenvalue weighted by atomic mass is 32.2. The van der Waals surface area contributed by atoms with Crippen LogP contribution in [0.2, 0.25) is 25.7 Å². The molecule has 0 aromatic heterocycles. The first-order valence-corrected chi connectivity index (χ1v) is 16.5. The molecule has 1 amide bonds. The highest BCUT2D eigenvalue weighted by molar-refractivity contribution is 8.16. The molecule has 11 heteroatoms. The van der Waals surface area contributed by atoms with Gasteiger partial charge in [0.05, 0.1) is 5.54 Å². The van der Waals surface area contributed by atoms with Gasteiger partial charge < -0.3 is 20.3 Å². The number of thioether (sulfide) groups is 1. The number of nitrogens with zero attached hydrogens (tertiary/aromatic N) is 2. The van der Waals surface area contributed by atoms with Crippen LogP contribution in [0.15, 0.2) is 23.2 Å². The Morgan fingerprint density at radius 1 is 1.28 bits per heavy atom. The summed E-state index contributed by atoms with van der Waals surface area (Å²) in [6, 6.07) is 5.08. The molecule has 3 atom stereocenters. The zero-order chi connectivity index (χ0) is 27.3. The summed E-state index contributed by atoms with van der Waals surface area (Å²) in [4.78, 5) is 32.0. The van der Waals surface area contributed by atoms with Crippen LogP contribution in [0, 0.1) is 11.2 Å². The van der Waals surface area contributed by atoms with Crippen LogP contribution in [0.3, 0.4) is 0 Å². The van der Waals surface area contributed by atoms with Crippen LogP contribution in [0.25, 0.3) is 0 Å². The van der Waals surface area contributed by atoms with Crippen molar-refractivity contribution in [3.8, 4) is 0 Å². The topological polar surface area (TPSA) is 114 Å². The minimum absolute atomic E-state index is 0.124. The van der Waals surface area contributed by atoms with Crippen molar-refractivity contribution in [3.63, 3.8) is 0 Å². The van der Waals surface area contributed by atoms with Crippen molar-refractivity contribution >= 4 is 42.8 Å². The smallest absolute Gasteiger partial charge is 0.418 e. The van der Waals surface area contributed by atoms with E-state index in [-0.39, 0.29) is 23.9 Å². The first-order chi connectivity index (χ1) is 16.4. The molecule has 0 bridgehead atoms. The number of carbonyl (C=O) groups excluding carboxylic acids is 1. The monoisotopic (exact) mass is 539 g/mol. The van der Waals surface area contributed by atoms with E-state index in [1.165, 1.54) is 23.1 Å². The van der Waals surface area contributed by atoms with E-state index >= 15 is 4.39 Å². The van der Waals surface area contributed by atoms with E-state index in [9.17, 15) is 14.7 Å². The third-order valence-corrected chi connectivity index (χ3v) is 10.3. The third kappa shape index (κ3) is 5.28. The molecule has 1 aromatic rings. The highest BCUT2D eigenvalue weighted by Gasteiger charge is 2.80. The Labute approximate surface area is 217 Å². The third-order valence-electron chi connectivity index (χ3n) is 6.95. The van der Waals surface area contributed by atoms with E-state index in [4.69, 9.17) is 20.2 Å². The molecule has 1 fully saturated rings. The number of amides is 1. The van der Waals surface area contributed by atoms with Crippen LogP contribution < -0.4 is 5.73 Å². The number of hydrogen-bond acceptors (Lipinski definition) is 7. The van der Waals surface area contributed by atoms with Gasteiger partial charge in [-0.05, 0) is 58.4 Å².